The Bertz CT molecular complexity index is 2470. The van der Waals surface area contributed by atoms with E-state index in [0.29, 0.717) is 12.1 Å². The first-order valence-electron chi connectivity index (χ1n) is 15.8. The number of rotatable bonds is 7. The normalized spacial score (nSPS) is 11.5. The van der Waals surface area contributed by atoms with E-state index >= 15 is 0 Å². The van der Waals surface area contributed by atoms with Crippen molar-refractivity contribution >= 4 is 27.1 Å². The standard InChI is InChI=1S/C44H30N4/c45-23-7-12-30(21-24-46)31-8-5-10-34(26-31)37-17-19-43(41-15-3-1-13-39(37)41)44-20-18-38(40-14-2-4-16-42(40)44)35-11-6-9-32(27-35)33-22-25-48-36(28-33)29-47/h1-6,8-22,24-28H,7,46H2/b24-21-,30-12+. The first-order valence-corrected chi connectivity index (χ1v) is 15.8. The Morgan fingerprint density at radius 2 is 1.12 bits per heavy atom. The maximum absolute atomic E-state index is 9.36. The van der Waals surface area contributed by atoms with Crippen molar-refractivity contribution in [1.82, 2.24) is 4.98 Å². The first-order chi connectivity index (χ1) is 23.7. The highest BCUT2D eigenvalue weighted by Gasteiger charge is 2.15. The van der Waals surface area contributed by atoms with Crippen LogP contribution in [0.1, 0.15) is 17.7 Å². The molecule has 0 fully saturated rings. The summed E-state index contributed by atoms with van der Waals surface area (Å²) >= 11 is 0. The minimum atomic E-state index is 0.313. The number of allylic oxidation sites excluding steroid dienone is 3. The Morgan fingerprint density at radius 1 is 0.583 bits per heavy atom. The van der Waals surface area contributed by atoms with E-state index in [1.54, 1.807) is 6.20 Å². The Hall–Kier alpha value is -6.75. The molecule has 0 saturated heterocycles. The second-order valence-electron chi connectivity index (χ2n) is 11.5. The Kier molecular flexibility index (Phi) is 8.30. The molecule has 6 aromatic carbocycles. The molecule has 0 amide bonds. The number of hydrogen-bond donors (Lipinski definition) is 1. The van der Waals surface area contributed by atoms with Gasteiger partial charge >= 0.3 is 0 Å². The molecule has 4 nitrogen and oxygen atoms in total. The molecule has 1 heterocycles. The van der Waals surface area contributed by atoms with Gasteiger partial charge in [0.15, 0.2) is 0 Å². The molecule has 0 aliphatic carbocycles. The van der Waals surface area contributed by atoms with Crippen LogP contribution in [0.4, 0.5) is 0 Å². The summed E-state index contributed by atoms with van der Waals surface area (Å²) in [7, 11) is 0. The molecule has 1 aromatic heterocycles. The highest BCUT2D eigenvalue weighted by atomic mass is 14.7. The van der Waals surface area contributed by atoms with Gasteiger partial charge in [-0.05, 0) is 114 Å². The minimum absolute atomic E-state index is 0.313. The lowest BCUT2D eigenvalue weighted by Gasteiger charge is -2.16. The molecular formula is C44H30N4. The Morgan fingerprint density at radius 3 is 1.73 bits per heavy atom. The molecule has 0 aliphatic rings. The van der Waals surface area contributed by atoms with Crippen molar-refractivity contribution in [2.24, 2.45) is 5.73 Å². The molecule has 0 aliphatic heterocycles. The zero-order valence-corrected chi connectivity index (χ0v) is 26.1. The lowest BCUT2D eigenvalue weighted by atomic mass is 9.87. The lowest BCUT2D eigenvalue weighted by molar-refractivity contribution is 1.26. The Labute approximate surface area is 280 Å². The summed E-state index contributed by atoms with van der Waals surface area (Å²) in [6, 6.07) is 51.0. The molecule has 0 saturated carbocycles. The van der Waals surface area contributed by atoms with Crippen molar-refractivity contribution in [3.63, 3.8) is 0 Å². The topological polar surface area (TPSA) is 86.5 Å². The number of fused-ring (bicyclic) bond motifs is 2. The number of benzene rings is 6. The SMILES string of the molecule is N#CC/C=C(\C=C/N)c1cccc(-c2ccc(-c3ccc(-c4cccc(-c5ccnc(C#N)c5)c4)c4ccccc34)c3ccccc23)c1. The van der Waals surface area contributed by atoms with E-state index in [-0.39, 0.29) is 0 Å². The molecule has 0 spiro atoms. The predicted molar refractivity (Wildman–Crippen MR) is 197 cm³/mol. The summed E-state index contributed by atoms with van der Waals surface area (Å²) in [6.45, 7) is 0. The fraction of sp³-hybridized carbons (Fsp3) is 0.0227. The second kappa shape index (κ2) is 13.3. The smallest absolute Gasteiger partial charge is 0.141 e. The van der Waals surface area contributed by atoms with Crippen molar-refractivity contribution in [3.05, 3.63) is 169 Å². The number of aromatic nitrogens is 1. The van der Waals surface area contributed by atoms with Gasteiger partial charge in [-0.1, -0.05) is 115 Å². The van der Waals surface area contributed by atoms with Gasteiger partial charge in [-0.2, -0.15) is 10.5 Å². The van der Waals surface area contributed by atoms with Gasteiger partial charge in [0.05, 0.1) is 12.5 Å². The van der Waals surface area contributed by atoms with Crippen LogP contribution < -0.4 is 5.73 Å². The van der Waals surface area contributed by atoms with E-state index in [0.717, 1.165) is 44.5 Å². The van der Waals surface area contributed by atoms with Crippen LogP contribution >= 0.6 is 0 Å². The van der Waals surface area contributed by atoms with Crippen molar-refractivity contribution in [2.45, 2.75) is 6.42 Å². The molecule has 2 N–H and O–H groups in total. The van der Waals surface area contributed by atoms with Crippen LogP contribution in [0.3, 0.4) is 0 Å². The maximum atomic E-state index is 9.36. The van der Waals surface area contributed by atoms with Crippen LogP contribution in [0.25, 0.3) is 71.6 Å². The fourth-order valence-corrected chi connectivity index (χ4v) is 6.52. The summed E-state index contributed by atoms with van der Waals surface area (Å²) in [4.78, 5) is 4.14. The Balaban J connectivity index is 1.34. The monoisotopic (exact) mass is 614 g/mol. The number of nitrogens with zero attached hydrogens (tertiary/aromatic N) is 3. The summed E-state index contributed by atoms with van der Waals surface area (Å²) in [6.07, 6.45) is 7.25. The molecule has 0 bridgehead atoms. The average molecular weight is 615 g/mol. The second-order valence-corrected chi connectivity index (χ2v) is 11.5. The number of pyridine rings is 1. The highest BCUT2D eigenvalue weighted by Crippen LogP contribution is 2.41. The predicted octanol–water partition coefficient (Wildman–Crippen LogP) is 10.7. The van der Waals surface area contributed by atoms with Crippen molar-refractivity contribution in [3.8, 4) is 56.6 Å². The van der Waals surface area contributed by atoms with Crippen LogP contribution in [-0.4, -0.2) is 4.98 Å². The molecular weight excluding hydrogens is 585 g/mol. The molecule has 4 heteroatoms. The van der Waals surface area contributed by atoms with Gasteiger partial charge in [0.25, 0.3) is 0 Å². The summed E-state index contributed by atoms with van der Waals surface area (Å²) in [5.41, 5.74) is 16.9. The van der Waals surface area contributed by atoms with E-state index < -0.39 is 0 Å². The van der Waals surface area contributed by atoms with Crippen molar-refractivity contribution < 1.29 is 0 Å². The largest absolute Gasteiger partial charge is 0.405 e. The van der Waals surface area contributed by atoms with Gasteiger partial charge in [-0.3, -0.25) is 0 Å². The third kappa shape index (κ3) is 5.71. The molecule has 226 valence electrons. The van der Waals surface area contributed by atoms with Gasteiger partial charge in [0.1, 0.15) is 11.8 Å². The summed E-state index contributed by atoms with van der Waals surface area (Å²) in [5, 5.41) is 23.2. The first kappa shape index (κ1) is 29.9. The number of nitrogens with two attached hydrogens (primary N) is 1. The number of hydrogen-bond acceptors (Lipinski definition) is 4. The van der Waals surface area contributed by atoms with Gasteiger partial charge in [0.2, 0.25) is 0 Å². The van der Waals surface area contributed by atoms with Crippen LogP contribution in [0, 0.1) is 22.7 Å². The van der Waals surface area contributed by atoms with Gasteiger partial charge in [0, 0.05) is 6.20 Å². The van der Waals surface area contributed by atoms with Crippen LogP contribution in [0.2, 0.25) is 0 Å². The van der Waals surface area contributed by atoms with E-state index in [2.05, 4.69) is 132 Å². The van der Waals surface area contributed by atoms with Crippen molar-refractivity contribution in [2.75, 3.05) is 0 Å². The lowest BCUT2D eigenvalue weighted by Crippen LogP contribution is -1.90. The molecule has 7 rings (SSSR count). The van der Waals surface area contributed by atoms with E-state index in [1.807, 2.05) is 30.4 Å². The molecule has 48 heavy (non-hydrogen) atoms. The summed E-state index contributed by atoms with van der Waals surface area (Å²) < 4.78 is 0. The summed E-state index contributed by atoms with van der Waals surface area (Å²) in [5.74, 6) is 0. The quantitative estimate of drug-likeness (QED) is 0.181. The van der Waals surface area contributed by atoms with Crippen LogP contribution in [0.5, 0.6) is 0 Å². The highest BCUT2D eigenvalue weighted by molar-refractivity contribution is 6.12. The molecule has 0 atom stereocenters. The molecule has 0 unspecified atom stereocenters. The van der Waals surface area contributed by atoms with Gasteiger partial charge in [-0.15, -0.1) is 0 Å². The van der Waals surface area contributed by atoms with E-state index in [9.17, 15) is 5.26 Å². The van der Waals surface area contributed by atoms with Gasteiger partial charge in [-0.25, -0.2) is 4.98 Å². The van der Waals surface area contributed by atoms with E-state index in [4.69, 9.17) is 11.0 Å². The molecule has 0 radical (unpaired) electrons. The number of nitriles is 2. The van der Waals surface area contributed by atoms with Crippen molar-refractivity contribution in [1.29, 1.82) is 10.5 Å². The van der Waals surface area contributed by atoms with Crippen LogP contribution in [0.15, 0.2) is 158 Å². The molecule has 7 aromatic rings. The fourth-order valence-electron chi connectivity index (χ4n) is 6.52. The van der Waals surface area contributed by atoms with Gasteiger partial charge < -0.3 is 5.73 Å². The zero-order valence-electron chi connectivity index (χ0n) is 26.1. The third-order valence-electron chi connectivity index (χ3n) is 8.72. The minimum Gasteiger partial charge on any atom is -0.405 e. The third-order valence-corrected chi connectivity index (χ3v) is 8.72. The van der Waals surface area contributed by atoms with Crippen LogP contribution in [-0.2, 0) is 0 Å². The average Bonchev–Trinajstić information content (AvgIpc) is 3.16. The zero-order chi connectivity index (χ0) is 32.9. The van der Waals surface area contributed by atoms with E-state index in [1.165, 1.54) is 38.9 Å². The maximum Gasteiger partial charge on any atom is 0.141 e.